The molecule has 1 heterocycles. The third-order valence-electron chi connectivity index (χ3n) is 2.72. The van der Waals surface area contributed by atoms with E-state index in [0.717, 1.165) is 19.6 Å². The van der Waals surface area contributed by atoms with E-state index in [1.807, 2.05) is 31.2 Å². The topological polar surface area (TPSA) is 18.5 Å². The second-order valence-corrected chi connectivity index (χ2v) is 3.99. The molecule has 0 N–H and O–H groups in total. The molecule has 0 aromatic carbocycles. The molecule has 0 saturated carbocycles. The third kappa shape index (κ3) is 3.56. The molecule has 1 aliphatic heterocycles. The van der Waals surface area contributed by atoms with Crippen molar-refractivity contribution in [2.24, 2.45) is 5.41 Å². The van der Waals surface area contributed by atoms with Crippen LogP contribution in [0.4, 0.5) is 0 Å². The molecule has 1 fully saturated rings. The first kappa shape index (κ1) is 12.1. The number of hydrogen-bond donors (Lipinski definition) is 0. The molecule has 0 aromatic heterocycles. The minimum atomic E-state index is 0.234. The molecule has 2 heteroatoms. The van der Waals surface area contributed by atoms with Gasteiger partial charge in [0.1, 0.15) is 5.76 Å². The lowest BCUT2D eigenvalue weighted by molar-refractivity contribution is -0.141. The second-order valence-electron chi connectivity index (χ2n) is 3.99. The number of ether oxygens (including phenoxy) is 2. The Morgan fingerprint density at radius 3 is 2.67 bits per heavy atom. The number of rotatable bonds is 6. The van der Waals surface area contributed by atoms with E-state index in [4.69, 9.17) is 9.47 Å². The highest BCUT2D eigenvalue weighted by atomic mass is 16.5. The van der Waals surface area contributed by atoms with Crippen LogP contribution in [0.1, 0.15) is 20.3 Å². The summed E-state index contributed by atoms with van der Waals surface area (Å²) in [6.45, 7) is 10.3. The Bertz CT molecular complexity index is 254. The van der Waals surface area contributed by atoms with Crippen molar-refractivity contribution < 1.29 is 9.47 Å². The van der Waals surface area contributed by atoms with E-state index in [1.54, 1.807) is 0 Å². The van der Waals surface area contributed by atoms with Gasteiger partial charge in [0.2, 0.25) is 0 Å². The van der Waals surface area contributed by atoms with Gasteiger partial charge < -0.3 is 9.47 Å². The summed E-state index contributed by atoms with van der Waals surface area (Å²) in [4.78, 5) is 0. The minimum absolute atomic E-state index is 0.234. The van der Waals surface area contributed by atoms with E-state index in [9.17, 15) is 0 Å². The largest absolute Gasteiger partial charge is 0.493 e. The van der Waals surface area contributed by atoms with Gasteiger partial charge in [0.05, 0.1) is 25.2 Å². The lowest BCUT2D eigenvalue weighted by Gasteiger charge is -2.40. The van der Waals surface area contributed by atoms with Crippen molar-refractivity contribution in [2.45, 2.75) is 20.3 Å². The molecule has 0 unspecified atom stereocenters. The first-order valence-electron chi connectivity index (χ1n) is 5.41. The summed E-state index contributed by atoms with van der Waals surface area (Å²) in [5, 5.41) is 0. The Morgan fingerprint density at radius 1 is 1.47 bits per heavy atom. The van der Waals surface area contributed by atoms with Gasteiger partial charge in [-0.25, -0.2) is 0 Å². The summed E-state index contributed by atoms with van der Waals surface area (Å²) in [6, 6.07) is 0. The summed E-state index contributed by atoms with van der Waals surface area (Å²) in [6.07, 6.45) is 8.83. The van der Waals surface area contributed by atoms with Crippen LogP contribution in [0.25, 0.3) is 0 Å². The van der Waals surface area contributed by atoms with E-state index in [-0.39, 0.29) is 5.41 Å². The van der Waals surface area contributed by atoms with Gasteiger partial charge in [-0.2, -0.15) is 0 Å². The highest BCUT2D eigenvalue weighted by molar-refractivity contribution is 5.14. The fourth-order valence-corrected chi connectivity index (χ4v) is 1.35. The highest BCUT2D eigenvalue weighted by Crippen LogP contribution is 2.31. The molecule has 0 atom stereocenters. The zero-order valence-electron chi connectivity index (χ0n) is 9.66. The minimum Gasteiger partial charge on any atom is -0.493 e. The Kier molecular flexibility index (Phi) is 4.63. The van der Waals surface area contributed by atoms with Gasteiger partial charge >= 0.3 is 0 Å². The first-order valence-corrected chi connectivity index (χ1v) is 5.41. The summed E-state index contributed by atoms with van der Waals surface area (Å²) < 4.78 is 10.8. The molecule has 0 aliphatic carbocycles. The molecular formula is C13H20O2. The molecule has 0 amide bonds. The molecule has 0 aromatic rings. The van der Waals surface area contributed by atoms with Crippen LogP contribution in [-0.4, -0.2) is 19.8 Å². The zero-order valence-corrected chi connectivity index (χ0v) is 9.66. The van der Waals surface area contributed by atoms with Crippen molar-refractivity contribution >= 4 is 0 Å². The van der Waals surface area contributed by atoms with Crippen molar-refractivity contribution in [1.29, 1.82) is 0 Å². The maximum atomic E-state index is 5.59. The summed E-state index contributed by atoms with van der Waals surface area (Å²) in [5.74, 6) is 0.716. The van der Waals surface area contributed by atoms with Crippen molar-refractivity contribution in [3.05, 3.63) is 36.6 Å². The van der Waals surface area contributed by atoms with Crippen LogP contribution in [0.15, 0.2) is 36.6 Å². The van der Waals surface area contributed by atoms with Crippen molar-refractivity contribution in [1.82, 2.24) is 0 Å². The van der Waals surface area contributed by atoms with Crippen molar-refractivity contribution in [3.63, 3.8) is 0 Å². The van der Waals surface area contributed by atoms with E-state index in [1.165, 1.54) is 0 Å². The predicted octanol–water partition coefficient (Wildman–Crippen LogP) is 3.08. The molecule has 0 spiro atoms. The molecule has 84 valence electrons. The molecule has 1 saturated heterocycles. The van der Waals surface area contributed by atoms with Gasteiger partial charge in [0.15, 0.2) is 0 Å². The van der Waals surface area contributed by atoms with Crippen LogP contribution < -0.4 is 0 Å². The van der Waals surface area contributed by atoms with Crippen LogP contribution >= 0.6 is 0 Å². The van der Waals surface area contributed by atoms with Gasteiger partial charge in [-0.1, -0.05) is 31.7 Å². The van der Waals surface area contributed by atoms with E-state index in [2.05, 4.69) is 13.5 Å². The van der Waals surface area contributed by atoms with Crippen molar-refractivity contribution in [3.8, 4) is 0 Å². The Morgan fingerprint density at radius 2 is 2.20 bits per heavy atom. The van der Waals surface area contributed by atoms with Crippen LogP contribution in [0.5, 0.6) is 0 Å². The number of allylic oxidation sites excluding steroid dienone is 4. The Balaban J connectivity index is 2.27. The highest BCUT2D eigenvalue weighted by Gasteiger charge is 2.37. The SMILES string of the molecule is C=C(/C=C\C=C/C)OCC1(CC)COC1. The van der Waals surface area contributed by atoms with Gasteiger partial charge in [0, 0.05) is 0 Å². The summed E-state index contributed by atoms with van der Waals surface area (Å²) in [5.41, 5.74) is 0.234. The zero-order chi connectivity index (χ0) is 11.1. The van der Waals surface area contributed by atoms with Crippen LogP contribution in [-0.2, 0) is 9.47 Å². The Hall–Kier alpha value is -1.02. The smallest absolute Gasteiger partial charge is 0.112 e. The molecule has 15 heavy (non-hydrogen) atoms. The first-order chi connectivity index (χ1) is 7.22. The van der Waals surface area contributed by atoms with Crippen LogP contribution in [0.2, 0.25) is 0 Å². The lowest BCUT2D eigenvalue weighted by Crippen LogP contribution is -2.45. The lowest BCUT2D eigenvalue weighted by atomic mass is 9.84. The summed E-state index contributed by atoms with van der Waals surface area (Å²) in [7, 11) is 0. The molecule has 1 rings (SSSR count). The van der Waals surface area contributed by atoms with Crippen LogP contribution in [0, 0.1) is 5.41 Å². The predicted molar refractivity (Wildman–Crippen MR) is 62.6 cm³/mol. The Labute approximate surface area is 92.3 Å². The fourth-order valence-electron chi connectivity index (χ4n) is 1.35. The van der Waals surface area contributed by atoms with Gasteiger partial charge in [-0.3, -0.25) is 0 Å². The molecule has 2 nitrogen and oxygen atoms in total. The molecule has 0 radical (unpaired) electrons. The average Bonchev–Trinajstić information content (AvgIpc) is 2.17. The average molecular weight is 208 g/mol. The maximum absolute atomic E-state index is 5.59. The molecular weight excluding hydrogens is 188 g/mol. The fraction of sp³-hybridized carbons (Fsp3) is 0.538. The van der Waals surface area contributed by atoms with Gasteiger partial charge in [-0.15, -0.1) is 0 Å². The second kappa shape index (κ2) is 5.76. The normalized spacial score (nSPS) is 19.3. The van der Waals surface area contributed by atoms with E-state index < -0.39 is 0 Å². The quantitative estimate of drug-likeness (QED) is 0.493. The summed E-state index contributed by atoms with van der Waals surface area (Å²) >= 11 is 0. The molecule has 0 bridgehead atoms. The van der Waals surface area contributed by atoms with Gasteiger partial charge in [-0.05, 0) is 19.4 Å². The van der Waals surface area contributed by atoms with Crippen molar-refractivity contribution in [2.75, 3.05) is 19.8 Å². The van der Waals surface area contributed by atoms with Crippen LogP contribution in [0.3, 0.4) is 0 Å². The van der Waals surface area contributed by atoms with E-state index in [0.29, 0.717) is 12.4 Å². The number of hydrogen-bond acceptors (Lipinski definition) is 2. The standard InChI is InChI=1S/C13H20O2/c1-4-6-7-8-12(3)15-11-13(5-2)9-14-10-13/h4,6-8H,3,5,9-11H2,1-2H3/b6-4-,8-7-. The maximum Gasteiger partial charge on any atom is 0.112 e. The molecule has 1 aliphatic rings. The third-order valence-corrected chi connectivity index (χ3v) is 2.72. The van der Waals surface area contributed by atoms with E-state index >= 15 is 0 Å². The monoisotopic (exact) mass is 208 g/mol. The van der Waals surface area contributed by atoms with Gasteiger partial charge in [0.25, 0.3) is 0 Å².